The number of aromatic nitrogens is 1. The Hall–Kier alpha value is -1.62. The van der Waals surface area contributed by atoms with Crippen LogP contribution in [0.1, 0.15) is 21.6 Å². The highest BCUT2D eigenvalue weighted by molar-refractivity contribution is 5.99. The number of anilines is 1. The van der Waals surface area contributed by atoms with Gasteiger partial charge in [0.05, 0.1) is 5.56 Å². The Morgan fingerprint density at radius 3 is 2.62 bits per heavy atom. The number of carbonyl (C=O) groups is 1. The SMILES string of the molecule is Cc1cc(C)c(C(N)=O)c(N(C)CCN)n1. The van der Waals surface area contributed by atoms with Gasteiger partial charge in [0.15, 0.2) is 0 Å². The zero-order valence-electron chi connectivity index (χ0n) is 9.95. The zero-order valence-corrected chi connectivity index (χ0v) is 9.95. The highest BCUT2D eigenvalue weighted by atomic mass is 16.1. The molecule has 0 fully saturated rings. The third-order valence-electron chi connectivity index (χ3n) is 2.40. The number of amides is 1. The Labute approximate surface area is 95.4 Å². The molecule has 5 nitrogen and oxygen atoms in total. The second kappa shape index (κ2) is 4.94. The van der Waals surface area contributed by atoms with Gasteiger partial charge in [-0.3, -0.25) is 4.79 Å². The van der Waals surface area contributed by atoms with Gasteiger partial charge in [0.1, 0.15) is 5.82 Å². The van der Waals surface area contributed by atoms with E-state index in [1.54, 1.807) is 0 Å². The molecule has 16 heavy (non-hydrogen) atoms. The lowest BCUT2D eigenvalue weighted by Gasteiger charge is -2.21. The first-order valence-corrected chi connectivity index (χ1v) is 5.16. The van der Waals surface area contributed by atoms with Crippen LogP contribution in [0.25, 0.3) is 0 Å². The van der Waals surface area contributed by atoms with Gasteiger partial charge in [0, 0.05) is 25.8 Å². The quantitative estimate of drug-likeness (QED) is 0.761. The molecule has 1 heterocycles. The third kappa shape index (κ3) is 2.49. The zero-order chi connectivity index (χ0) is 12.3. The van der Waals surface area contributed by atoms with Crippen LogP contribution in [0.4, 0.5) is 5.82 Å². The molecule has 5 heteroatoms. The van der Waals surface area contributed by atoms with Crippen LogP contribution >= 0.6 is 0 Å². The number of nitrogens with zero attached hydrogens (tertiary/aromatic N) is 2. The lowest BCUT2D eigenvalue weighted by atomic mass is 10.1. The number of pyridine rings is 1. The van der Waals surface area contributed by atoms with Crippen LogP contribution in [0, 0.1) is 13.8 Å². The number of rotatable bonds is 4. The van der Waals surface area contributed by atoms with Gasteiger partial charge in [-0.05, 0) is 25.5 Å². The number of likely N-dealkylation sites (N-methyl/N-ethyl adjacent to an activating group) is 1. The molecule has 4 N–H and O–H groups in total. The predicted octanol–water partition coefficient (Wildman–Crippen LogP) is 0.192. The summed E-state index contributed by atoms with van der Waals surface area (Å²) < 4.78 is 0. The summed E-state index contributed by atoms with van der Waals surface area (Å²) in [5.41, 5.74) is 13.0. The van der Waals surface area contributed by atoms with Gasteiger partial charge in [0.25, 0.3) is 5.91 Å². The summed E-state index contributed by atoms with van der Waals surface area (Å²) >= 11 is 0. The number of aryl methyl sites for hydroxylation is 2. The van der Waals surface area contributed by atoms with Crippen LogP contribution in [0.3, 0.4) is 0 Å². The molecule has 0 aliphatic rings. The van der Waals surface area contributed by atoms with E-state index in [1.807, 2.05) is 31.9 Å². The highest BCUT2D eigenvalue weighted by Gasteiger charge is 2.16. The average molecular weight is 222 g/mol. The summed E-state index contributed by atoms with van der Waals surface area (Å²) in [4.78, 5) is 17.6. The molecule has 0 saturated heterocycles. The van der Waals surface area contributed by atoms with E-state index in [0.29, 0.717) is 24.5 Å². The molecule has 88 valence electrons. The van der Waals surface area contributed by atoms with Crippen molar-refractivity contribution >= 4 is 11.7 Å². The second-order valence-corrected chi connectivity index (χ2v) is 3.85. The van der Waals surface area contributed by atoms with Crippen LogP contribution in [-0.4, -0.2) is 31.0 Å². The molecule has 0 aliphatic carbocycles. The molecule has 1 amide bonds. The molecular formula is C11H18N4O. The fourth-order valence-electron chi connectivity index (χ4n) is 1.70. The van der Waals surface area contributed by atoms with Crippen LogP contribution in [0.5, 0.6) is 0 Å². The largest absolute Gasteiger partial charge is 0.365 e. The van der Waals surface area contributed by atoms with Crippen molar-refractivity contribution < 1.29 is 4.79 Å². The first kappa shape index (κ1) is 12.4. The summed E-state index contributed by atoms with van der Waals surface area (Å²) in [5.74, 6) is 0.152. The van der Waals surface area contributed by atoms with E-state index in [2.05, 4.69) is 4.98 Å². The van der Waals surface area contributed by atoms with Crippen molar-refractivity contribution in [3.63, 3.8) is 0 Å². The second-order valence-electron chi connectivity index (χ2n) is 3.85. The van der Waals surface area contributed by atoms with Gasteiger partial charge in [-0.1, -0.05) is 0 Å². The summed E-state index contributed by atoms with van der Waals surface area (Å²) in [5, 5.41) is 0. The third-order valence-corrected chi connectivity index (χ3v) is 2.40. The fraction of sp³-hybridized carbons (Fsp3) is 0.455. The first-order valence-electron chi connectivity index (χ1n) is 5.16. The highest BCUT2D eigenvalue weighted by Crippen LogP contribution is 2.20. The number of hydrogen-bond donors (Lipinski definition) is 2. The van der Waals surface area contributed by atoms with Crippen molar-refractivity contribution in [1.29, 1.82) is 0 Å². The van der Waals surface area contributed by atoms with Crippen LogP contribution < -0.4 is 16.4 Å². The number of primary amides is 1. The monoisotopic (exact) mass is 222 g/mol. The van der Waals surface area contributed by atoms with E-state index in [1.165, 1.54) is 0 Å². The molecule has 0 radical (unpaired) electrons. The molecule has 0 bridgehead atoms. The predicted molar refractivity (Wildman–Crippen MR) is 64.6 cm³/mol. The van der Waals surface area contributed by atoms with Crippen LogP contribution in [0.15, 0.2) is 6.07 Å². The maximum absolute atomic E-state index is 11.4. The number of carbonyl (C=O) groups excluding carboxylic acids is 1. The Balaban J connectivity index is 3.29. The van der Waals surface area contributed by atoms with Gasteiger partial charge in [0.2, 0.25) is 0 Å². The van der Waals surface area contributed by atoms with Crippen LogP contribution in [0.2, 0.25) is 0 Å². The van der Waals surface area contributed by atoms with E-state index in [9.17, 15) is 4.79 Å². The van der Waals surface area contributed by atoms with E-state index in [-0.39, 0.29) is 0 Å². The maximum Gasteiger partial charge on any atom is 0.252 e. The van der Waals surface area contributed by atoms with E-state index < -0.39 is 5.91 Å². The first-order chi connectivity index (χ1) is 7.47. The fourth-order valence-corrected chi connectivity index (χ4v) is 1.70. The maximum atomic E-state index is 11.4. The van der Waals surface area contributed by atoms with Crippen molar-refractivity contribution in [1.82, 2.24) is 4.98 Å². The Morgan fingerprint density at radius 2 is 2.12 bits per heavy atom. The van der Waals surface area contributed by atoms with Crippen molar-refractivity contribution in [3.05, 3.63) is 22.9 Å². The smallest absolute Gasteiger partial charge is 0.252 e. The summed E-state index contributed by atoms with van der Waals surface area (Å²) in [6.45, 7) is 4.88. The number of hydrogen-bond acceptors (Lipinski definition) is 4. The van der Waals surface area contributed by atoms with Crippen molar-refractivity contribution in [2.24, 2.45) is 11.5 Å². The molecule has 0 unspecified atom stereocenters. The van der Waals surface area contributed by atoms with Gasteiger partial charge in [-0.2, -0.15) is 0 Å². The van der Waals surface area contributed by atoms with Crippen molar-refractivity contribution in [3.8, 4) is 0 Å². The minimum atomic E-state index is -0.455. The molecule has 0 aromatic carbocycles. The molecule has 1 aromatic rings. The van der Waals surface area contributed by atoms with Gasteiger partial charge < -0.3 is 16.4 Å². The van der Waals surface area contributed by atoms with E-state index in [4.69, 9.17) is 11.5 Å². The van der Waals surface area contributed by atoms with Gasteiger partial charge in [-0.15, -0.1) is 0 Å². The van der Waals surface area contributed by atoms with Crippen LogP contribution in [-0.2, 0) is 0 Å². The van der Waals surface area contributed by atoms with Gasteiger partial charge in [-0.25, -0.2) is 4.98 Å². The number of nitrogens with two attached hydrogens (primary N) is 2. The molecular weight excluding hydrogens is 204 g/mol. The lowest BCUT2D eigenvalue weighted by molar-refractivity contribution is 0.1000. The minimum Gasteiger partial charge on any atom is -0.365 e. The van der Waals surface area contributed by atoms with Crippen molar-refractivity contribution in [2.45, 2.75) is 13.8 Å². The Morgan fingerprint density at radius 1 is 1.50 bits per heavy atom. The Kier molecular flexibility index (Phi) is 3.84. The topological polar surface area (TPSA) is 85.2 Å². The summed E-state index contributed by atoms with van der Waals surface area (Å²) in [6, 6.07) is 1.85. The Bertz CT molecular complexity index is 403. The van der Waals surface area contributed by atoms with E-state index in [0.717, 1.165) is 11.3 Å². The van der Waals surface area contributed by atoms with Gasteiger partial charge >= 0.3 is 0 Å². The minimum absolute atomic E-state index is 0.455. The van der Waals surface area contributed by atoms with Crippen molar-refractivity contribution in [2.75, 3.05) is 25.0 Å². The molecule has 0 saturated carbocycles. The molecule has 0 spiro atoms. The lowest BCUT2D eigenvalue weighted by Crippen LogP contribution is -2.29. The average Bonchev–Trinajstić information content (AvgIpc) is 2.15. The normalized spacial score (nSPS) is 10.2. The van der Waals surface area contributed by atoms with E-state index >= 15 is 0 Å². The molecule has 0 atom stereocenters. The summed E-state index contributed by atoms with van der Waals surface area (Å²) in [6.07, 6.45) is 0. The summed E-state index contributed by atoms with van der Waals surface area (Å²) in [7, 11) is 1.85. The molecule has 1 aromatic heterocycles. The standard InChI is InChI=1S/C11H18N4O/c1-7-6-8(2)14-11(9(7)10(13)16)15(3)5-4-12/h6H,4-5,12H2,1-3H3,(H2,13,16). The molecule has 0 aliphatic heterocycles. The molecule has 1 rings (SSSR count).